The van der Waals surface area contributed by atoms with Crippen molar-refractivity contribution >= 4 is 0 Å². The second-order valence-corrected chi connectivity index (χ2v) is 4.74. The summed E-state index contributed by atoms with van der Waals surface area (Å²) in [5, 5.41) is 0. The van der Waals surface area contributed by atoms with Gasteiger partial charge in [0.05, 0.1) is 0 Å². The third kappa shape index (κ3) is 2.67. The van der Waals surface area contributed by atoms with Crippen LogP contribution >= 0.6 is 0 Å². The molecule has 0 saturated carbocycles. The van der Waals surface area contributed by atoms with E-state index in [0.29, 0.717) is 0 Å². The molecule has 1 atom stereocenters. The number of halogens is 1. The maximum atomic E-state index is 13.3. The Kier molecular flexibility index (Phi) is 4.66. The Morgan fingerprint density at radius 1 is 1.29 bits per heavy atom. The lowest BCUT2D eigenvalue weighted by Crippen LogP contribution is -2.51. The molecule has 0 aliphatic heterocycles. The smallest absolute Gasteiger partial charge is 0.123 e. The molecule has 2 nitrogen and oxygen atoms in total. The van der Waals surface area contributed by atoms with Crippen LogP contribution in [0.5, 0.6) is 0 Å². The summed E-state index contributed by atoms with van der Waals surface area (Å²) in [6.45, 7) is 4.26. The fraction of sp³-hybridized carbons (Fsp3) is 0.571. The van der Waals surface area contributed by atoms with Crippen molar-refractivity contribution in [3.8, 4) is 0 Å². The average Bonchev–Trinajstić information content (AvgIpc) is 2.30. The van der Waals surface area contributed by atoms with Gasteiger partial charge < -0.3 is 10.6 Å². The van der Waals surface area contributed by atoms with Crippen molar-refractivity contribution in [2.24, 2.45) is 5.73 Å². The topological polar surface area (TPSA) is 29.3 Å². The molecule has 96 valence electrons. The van der Waals surface area contributed by atoms with Crippen LogP contribution < -0.4 is 5.73 Å². The molecule has 1 rings (SSSR count). The van der Waals surface area contributed by atoms with Gasteiger partial charge in [0.15, 0.2) is 0 Å². The second-order valence-electron chi connectivity index (χ2n) is 4.74. The molecule has 1 aromatic rings. The van der Waals surface area contributed by atoms with E-state index in [1.165, 1.54) is 12.1 Å². The summed E-state index contributed by atoms with van der Waals surface area (Å²) in [7, 11) is 4.07. The minimum absolute atomic E-state index is 0.117. The molecule has 0 fully saturated rings. The van der Waals surface area contributed by atoms with Crippen molar-refractivity contribution in [2.45, 2.75) is 38.3 Å². The van der Waals surface area contributed by atoms with Gasteiger partial charge in [-0.3, -0.25) is 0 Å². The van der Waals surface area contributed by atoms with E-state index in [2.05, 4.69) is 18.7 Å². The maximum Gasteiger partial charge on any atom is 0.123 e. The lowest BCUT2D eigenvalue weighted by atomic mass is 9.80. The van der Waals surface area contributed by atoms with Crippen molar-refractivity contribution in [2.75, 3.05) is 14.1 Å². The number of hydrogen-bond donors (Lipinski definition) is 1. The van der Waals surface area contributed by atoms with Crippen LogP contribution in [-0.2, 0) is 0 Å². The maximum absolute atomic E-state index is 13.3. The van der Waals surface area contributed by atoms with E-state index in [4.69, 9.17) is 5.73 Å². The van der Waals surface area contributed by atoms with Crippen LogP contribution in [0.25, 0.3) is 0 Å². The van der Waals surface area contributed by atoms with Crippen molar-refractivity contribution < 1.29 is 4.39 Å². The largest absolute Gasteiger partial charge is 0.322 e. The molecular formula is C14H23FN2. The first-order valence-corrected chi connectivity index (χ1v) is 6.16. The van der Waals surface area contributed by atoms with E-state index in [1.807, 2.05) is 20.2 Å². The van der Waals surface area contributed by atoms with Gasteiger partial charge in [0, 0.05) is 11.6 Å². The van der Waals surface area contributed by atoms with Gasteiger partial charge in [-0.2, -0.15) is 0 Å². The highest BCUT2D eigenvalue weighted by Crippen LogP contribution is 2.34. The predicted octanol–water partition coefficient (Wildman–Crippen LogP) is 2.95. The Morgan fingerprint density at radius 2 is 1.88 bits per heavy atom. The molecule has 0 radical (unpaired) electrons. The van der Waals surface area contributed by atoms with Gasteiger partial charge >= 0.3 is 0 Å². The first-order chi connectivity index (χ1) is 7.97. The molecule has 0 aromatic heterocycles. The molecule has 0 aliphatic carbocycles. The first kappa shape index (κ1) is 14.1. The highest BCUT2D eigenvalue weighted by atomic mass is 19.1. The highest BCUT2D eigenvalue weighted by molar-refractivity contribution is 5.23. The van der Waals surface area contributed by atoms with Crippen LogP contribution in [0.1, 0.15) is 38.3 Å². The summed E-state index contributed by atoms with van der Waals surface area (Å²) in [5.74, 6) is -0.224. The van der Waals surface area contributed by atoms with Gasteiger partial charge in [-0.05, 0) is 44.6 Å². The lowest BCUT2D eigenvalue weighted by molar-refractivity contribution is 0.106. The molecule has 0 bridgehead atoms. The zero-order chi connectivity index (χ0) is 13.1. The number of rotatable bonds is 5. The fourth-order valence-electron chi connectivity index (χ4n) is 2.61. The summed E-state index contributed by atoms with van der Waals surface area (Å²) in [5.41, 5.74) is 7.10. The zero-order valence-electron chi connectivity index (χ0n) is 11.2. The molecular weight excluding hydrogens is 215 g/mol. The monoisotopic (exact) mass is 238 g/mol. The average molecular weight is 238 g/mol. The quantitative estimate of drug-likeness (QED) is 0.854. The van der Waals surface area contributed by atoms with E-state index in [-0.39, 0.29) is 17.4 Å². The van der Waals surface area contributed by atoms with E-state index in [1.54, 1.807) is 6.07 Å². The Balaban J connectivity index is 3.12. The Hall–Kier alpha value is -0.930. The molecule has 1 aromatic carbocycles. The predicted molar refractivity (Wildman–Crippen MR) is 70.3 cm³/mol. The summed E-state index contributed by atoms with van der Waals surface area (Å²) in [6.07, 6.45) is 1.88. The molecule has 2 N–H and O–H groups in total. The van der Waals surface area contributed by atoms with Crippen molar-refractivity contribution in [1.29, 1.82) is 0 Å². The molecule has 0 aliphatic rings. The molecule has 0 saturated heterocycles. The molecule has 17 heavy (non-hydrogen) atoms. The van der Waals surface area contributed by atoms with E-state index in [9.17, 15) is 4.39 Å². The van der Waals surface area contributed by atoms with Gasteiger partial charge in [-0.15, -0.1) is 0 Å². The fourth-order valence-corrected chi connectivity index (χ4v) is 2.61. The SMILES string of the molecule is CCC(CC)(C(N)c1cccc(F)c1)N(C)C. The van der Waals surface area contributed by atoms with Crippen molar-refractivity contribution in [3.05, 3.63) is 35.6 Å². The Morgan fingerprint density at radius 3 is 2.29 bits per heavy atom. The summed E-state index contributed by atoms with van der Waals surface area (Å²) in [4.78, 5) is 2.16. The zero-order valence-corrected chi connectivity index (χ0v) is 11.2. The van der Waals surface area contributed by atoms with Crippen LogP contribution in [0.15, 0.2) is 24.3 Å². The van der Waals surface area contributed by atoms with Crippen LogP contribution in [-0.4, -0.2) is 24.5 Å². The van der Waals surface area contributed by atoms with E-state index >= 15 is 0 Å². The molecule has 0 heterocycles. The number of likely N-dealkylation sites (N-methyl/N-ethyl adjacent to an activating group) is 1. The van der Waals surface area contributed by atoms with Crippen LogP contribution in [0, 0.1) is 5.82 Å². The lowest BCUT2D eigenvalue weighted by Gasteiger charge is -2.43. The van der Waals surface area contributed by atoms with Crippen molar-refractivity contribution in [3.63, 3.8) is 0 Å². The number of nitrogens with two attached hydrogens (primary N) is 1. The number of nitrogens with zero attached hydrogens (tertiary/aromatic N) is 1. The normalized spacial score (nSPS) is 14.1. The summed E-state index contributed by atoms with van der Waals surface area (Å²) >= 11 is 0. The van der Waals surface area contributed by atoms with Gasteiger partial charge in [0.2, 0.25) is 0 Å². The van der Waals surface area contributed by atoms with Crippen LogP contribution in [0.2, 0.25) is 0 Å². The van der Waals surface area contributed by atoms with Gasteiger partial charge in [0.1, 0.15) is 5.82 Å². The van der Waals surface area contributed by atoms with E-state index in [0.717, 1.165) is 18.4 Å². The molecule has 0 amide bonds. The van der Waals surface area contributed by atoms with Crippen molar-refractivity contribution in [1.82, 2.24) is 4.90 Å². The minimum atomic E-state index is -0.224. The van der Waals surface area contributed by atoms with E-state index < -0.39 is 0 Å². The number of hydrogen-bond acceptors (Lipinski definition) is 2. The van der Waals surface area contributed by atoms with Gasteiger partial charge in [-0.25, -0.2) is 4.39 Å². The van der Waals surface area contributed by atoms with Crippen LogP contribution in [0.4, 0.5) is 4.39 Å². The summed E-state index contributed by atoms with van der Waals surface area (Å²) in [6, 6.07) is 6.43. The molecule has 3 heteroatoms. The second kappa shape index (κ2) is 5.61. The third-order valence-electron chi connectivity index (χ3n) is 3.90. The Labute approximate surface area is 104 Å². The molecule has 0 spiro atoms. The Bertz CT molecular complexity index is 359. The highest BCUT2D eigenvalue weighted by Gasteiger charge is 2.36. The van der Waals surface area contributed by atoms with Crippen LogP contribution in [0.3, 0.4) is 0 Å². The molecule has 1 unspecified atom stereocenters. The standard InChI is InChI=1S/C14H23FN2/c1-5-14(6-2,17(3)4)13(16)11-8-7-9-12(15)10-11/h7-10,13H,5-6,16H2,1-4H3. The first-order valence-electron chi connectivity index (χ1n) is 6.16. The minimum Gasteiger partial charge on any atom is -0.322 e. The summed E-state index contributed by atoms with van der Waals surface area (Å²) < 4.78 is 13.3. The third-order valence-corrected chi connectivity index (χ3v) is 3.90. The van der Waals surface area contributed by atoms with Gasteiger partial charge in [-0.1, -0.05) is 26.0 Å². The van der Waals surface area contributed by atoms with Gasteiger partial charge in [0.25, 0.3) is 0 Å². The number of benzene rings is 1.